The van der Waals surface area contributed by atoms with Gasteiger partial charge < -0.3 is 0 Å². The molecule has 0 aliphatic carbocycles. The van der Waals surface area contributed by atoms with Crippen molar-refractivity contribution >= 4 is 0 Å². The predicted molar refractivity (Wildman–Crippen MR) is 101 cm³/mol. The summed E-state index contributed by atoms with van der Waals surface area (Å²) in [5.74, 6) is 0. The van der Waals surface area contributed by atoms with Crippen LogP contribution < -0.4 is 0 Å². The van der Waals surface area contributed by atoms with Gasteiger partial charge in [-0.1, -0.05) is 89.6 Å². The Kier molecular flexibility index (Phi) is 4.13. The van der Waals surface area contributed by atoms with Crippen molar-refractivity contribution in [1.29, 1.82) is 0 Å². The standard InChI is InChI=1S/C22H19N3/c1-17-9-8-14-20(15-17)22-21(19-12-6-3-7-13-19)23-24-25(22)16-18-10-4-2-5-11-18/h2-15H,16H2,1H3. The van der Waals surface area contributed by atoms with E-state index in [9.17, 15) is 0 Å². The van der Waals surface area contributed by atoms with Gasteiger partial charge in [0.05, 0.1) is 12.2 Å². The van der Waals surface area contributed by atoms with E-state index in [1.165, 1.54) is 11.1 Å². The Labute approximate surface area is 147 Å². The Balaban J connectivity index is 1.86. The molecule has 0 amide bonds. The van der Waals surface area contributed by atoms with E-state index in [4.69, 9.17) is 0 Å². The maximum atomic E-state index is 4.50. The third-order valence-corrected chi connectivity index (χ3v) is 4.25. The van der Waals surface area contributed by atoms with Crippen molar-refractivity contribution in [2.45, 2.75) is 13.5 Å². The molecule has 3 heteroatoms. The molecule has 0 radical (unpaired) electrons. The highest BCUT2D eigenvalue weighted by Gasteiger charge is 2.16. The molecule has 0 N–H and O–H groups in total. The van der Waals surface area contributed by atoms with Gasteiger partial charge in [-0.25, -0.2) is 4.68 Å². The molecule has 0 atom stereocenters. The Hall–Kier alpha value is -3.20. The largest absolute Gasteiger partial charge is 0.240 e. The third kappa shape index (κ3) is 3.22. The summed E-state index contributed by atoms with van der Waals surface area (Å²) in [4.78, 5) is 0. The van der Waals surface area contributed by atoms with E-state index in [1.807, 2.05) is 28.9 Å². The molecule has 1 heterocycles. The summed E-state index contributed by atoms with van der Waals surface area (Å²) in [6, 6.07) is 29.1. The van der Waals surface area contributed by atoms with E-state index < -0.39 is 0 Å². The molecule has 3 aromatic carbocycles. The molecule has 3 nitrogen and oxygen atoms in total. The smallest absolute Gasteiger partial charge is 0.121 e. The predicted octanol–water partition coefficient (Wildman–Crippen LogP) is 4.97. The molecule has 0 fully saturated rings. The van der Waals surface area contributed by atoms with Gasteiger partial charge in [0.2, 0.25) is 0 Å². The molecule has 0 aliphatic rings. The summed E-state index contributed by atoms with van der Waals surface area (Å²) in [6.07, 6.45) is 0. The number of hydrogen-bond acceptors (Lipinski definition) is 2. The zero-order valence-corrected chi connectivity index (χ0v) is 14.1. The number of nitrogens with zero attached hydrogens (tertiary/aromatic N) is 3. The van der Waals surface area contributed by atoms with Crippen LogP contribution in [0.5, 0.6) is 0 Å². The van der Waals surface area contributed by atoms with Gasteiger partial charge >= 0.3 is 0 Å². The maximum absolute atomic E-state index is 4.50. The Morgan fingerprint density at radius 3 is 2.16 bits per heavy atom. The molecular weight excluding hydrogens is 306 g/mol. The average molecular weight is 325 g/mol. The molecule has 0 spiro atoms. The second-order valence-electron chi connectivity index (χ2n) is 6.17. The second-order valence-corrected chi connectivity index (χ2v) is 6.17. The van der Waals surface area contributed by atoms with Crippen LogP contribution in [0, 0.1) is 6.92 Å². The van der Waals surface area contributed by atoms with Crippen LogP contribution in [0.1, 0.15) is 11.1 Å². The summed E-state index contributed by atoms with van der Waals surface area (Å²) >= 11 is 0. The van der Waals surface area contributed by atoms with Gasteiger partial charge in [-0.15, -0.1) is 5.10 Å². The zero-order valence-electron chi connectivity index (χ0n) is 14.1. The summed E-state index contributed by atoms with van der Waals surface area (Å²) in [6.45, 7) is 2.81. The van der Waals surface area contributed by atoms with Gasteiger partial charge in [-0.05, 0) is 18.6 Å². The Bertz CT molecular complexity index is 973. The minimum absolute atomic E-state index is 0.698. The molecule has 25 heavy (non-hydrogen) atoms. The molecule has 4 aromatic rings. The maximum Gasteiger partial charge on any atom is 0.121 e. The fourth-order valence-electron chi connectivity index (χ4n) is 3.05. The van der Waals surface area contributed by atoms with E-state index in [0.717, 1.165) is 22.5 Å². The van der Waals surface area contributed by atoms with E-state index in [0.29, 0.717) is 6.54 Å². The van der Waals surface area contributed by atoms with Gasteiger partial charge in [0.25, 0.3) is 0 Å². The quantitative estimate of drug-likeness (QED) is 0.530. The van der Waals surface area contributed by atoms with Crippen LogP contribution in [0.25, 0.3) is 22.5 Å². The first-order valence-electron chi connectivity index (χ1n) is 8.41. The van der Waals surface area contributed by atoms with Gasteiger partial charge in [0.15, 0.2) is 0 Å². The van der Waals surface area contributed by atoms with Crippen LogP contribution in [-0.4, -0.2) is 15.0 Å². The topological polar surface area (TPSA) is 30.7 Å². The molecule has 4 rings (SSSR count). The average Bonchev–Trinajstić information content (AvgIpc) is 3.07. The molecule has 0 saturated heterocycles. The monoisotopic (exact) mass is 325 g/mol. The van der Waals surface area contributed by atoms with Crippen LogP contribution in [0.4, 0.5) is 0 Å². The molecule has 0 aliphatic heterocycles. The highest BCUT2D eigenvalue weighted by atomic mass is 15.4. The van der Waals surface area contributed by atoms with E-state index in [1.54, 1.807) is 0 Å². The van der Waals surface area contributed by atoms with Crippen LogP contribution in [-0.2, 0) is 6.54 Å². The lowest BCUT2D eigenvalue weighted by atomic mass is 10.0. The van der Waals surface area contributed by atoms with Crippen molar-refractivity contribution in [3.8, 4) is 22.5 Å². The Morgan fingerprint density at radius 1 is 0.760 bits per heavy atom. The lowest BCUT2D eigenvalue weighted by molar-refractivity contribution is 0.656. The van der Waals surface area contributed by atoms with E-state index in [-0.39, 0.29) is 0 Å². The minimum atomic E-state index is 0.698. The fourth-order valence-corrected chi connectivity index (χ4v) is 3.05. The SMILES string of the molecule is Cc1cccc(-c2c(-c3ccccc3)nnn2Cc2ccccc2)c1. The summed E-state index contributed by atoms with van der Waals surface area (Å²) in [5, 5.41) is 8.96. The lowest BCUT2D eigenvalue weighted by Crippen LogP contribution is -2.04. The van der Waals surface area contributed by atoms with Crippen molar-refractivity contribution in [3.05, 3.63) is 96.1 Å². The van der Waals surface area contributed by atoms with Gasteiger partial charge in [0.1, 0.15) is 5.69 Å². The first-order chi connectivity index (χ1) is 12.3. The number of rotatable bonds is 4. The molecule has 1 aromatic heterocycles. The van der Waals surface area contributed by atoms with Crippen molar-refractivity contribution in [2.24, 2.45) is 0 Å². The van der Waals surface area contributed by atoms with Crippen LogP contribution >= 0.6 is 0 Å². The molecule has 0 unspecified atom stereocenters. The molecule has 122 valence electrons. The number of benzene rings is 3. The summed E-state index contributed by atoms with van der Waals surface area (Å²) in [7, 11) is 0. The number of aromatic nitrogens is 3. The van der Waals surface area contributed by atoms with Gasteiger partial charge in [-0.2, -0.15) is 0 Å². The number of hydrogen-bond donors (Lipinski definition) is 0. The van der Waals surface area contributed by atoms with E-state index in [2.05, 4.69) is 77.9 Å². The number of aryl methyl sites for hydroxylation is 1. The lowest BCUT2D eigenvalue weighted by Gasteiger charge is -2.09. The summed E-state index contributed by atoms with van der Waals surface area (Å²) in [5.41, 5.74) is 6.63. The van der Waals surface area contributed by atoms with E-state index >= 15 is 0 Å². The first-order valence-corrected chi connectivity index (χ1v) is 8.41. The van der Waals surface area contributed by atoms with Crippen molar-refractivity contribution in [3.63, 3.8) is 0 Å². The second kappa shape index (κ2) is 6.73. The van der Waals surface area contributed by atoms with Crippen LogP contribution in [0.3, 0.4) is 0 Å². The first kappa shape index (κ1) is 15.3. The van der Waals surface area contributed by atoms with Crippen LogP contribution in [0.15, 0.2) is 84.9 Å². The van der Waals surface area contributed by atoms with Crippen LogP contribution in [0.2, 0.25) is 0 Å². The molecular formula is C22H19N3. The highest BCUT2D eigenvalue weighted by Crippen LogP contribution is 2.31. The normalized spacial score (nSPS) is 10.8. The molecule has 0 saturated carbocycles. The fraction of sp³-hybridized carbons (Fsp3) is 0.0909. The van der Waals surface area contributed by atoms with Crippen molar-refractivity contribution in [1.82, 2.24) is 15.0 Å². The summed E-state index contributed by atoms with van der Waals surface area (Å²) < 4.78 is 1.99. The molecule has 0 bridgehead atoms. The van der Waals surface area contributed by atoms with Crippen molar-refractivity contribution < 1.29 is 0 Å². The van der Waals surface area contributed by atoms with Crippen molar-refractivity contribution in [2.75, 3.05) is 0 Å². The Morgan fingerprint density at radius 2 is 1.44 bits per heavy atom. The minimum Gasteiger partial charge on any atom is -0.240 e. The highest BCUT2D eigenvalue weighted by molar-refractivity contribution is 5.78. The third-order valence-electron chi connectivity index (χ3n) is 4.25. The van der Waals surface area contributed by atoms with Gasteiger partial charge in [0, 0.05) is 11.1 Å². The zero-order chi connectivity index (χ0) is 17.1. The van der Waals surface area contributed by atoms with Gasteiger partial charge in [-0.3, -0.25) is 0 Å².